The molecule has 0 unspecified atom stereocenters. The fourth-order valence-corrected chi connectivity index (χ4v) is 11.5. The highest BCUT2D eigenvalue weighted by molar-refractivity contribution is 5.96. The number of carbonyl (C=O) groups excluding carboxylic acids is 5. The summed E-state index contributed by atoms with van der Waals surface area (Å²) in [5.74, 6) is -2.16. The molecule has 4 amide bonds. The second-order valence-electron chi connectivity index (χ2n) is 21.8. The summed E-state index contributed by atoms with van der Waals surface area (Å²) < 4.78 is 14.6. The molecular weight excluding hydrogens is 909 g/mol. The number of carbonyl (C=O) groups is 5. The number of piperidine rings is 1. The summed E-state index contributed by atoms with van der Waals surface area (Å²) in [5.41, 5.74) is 11.9. The third kappa shape index (κ3) is 11.0. The second-order valence-corrected chi connectivity index (χ2v) is 21.8. The molecule has 6 bridgehead atoms. The number of likely N-dealkylation sites (tertiary alicyclic amines) is 2. The zero-order chi connectivity index (χ0) is 51.6. The molecule has 2 aromatic heterocycles. The molecule has 4 aromatic rings. The lowest BCUT2D eigenvalue weighted by Gasteiger charge is -2.37. The number of aryl methyl sites for hydroxylation is 1. The number of benzene rings is 2. The third-order valence-electron chi connectivity index (χ3n) is 15.6. The summed E-state index contributed by atoms with van der Waals surface area (Å²) >= 11 is 0. The number of cyclic esters (lactones) is 1. The zero-order valence-electron chi connectivity index (χ0n) is 44.0. The van der Waals surface area contributed by atoms with E-state index in [1.807, 2.05) is 26.0 Å². The van der Waals surface area contributed by atoms with E-state index in [9.17, 15) is 24.0 Å². The van der Waals surface area contributed by atoms with Crippen LogP contribution in [-0.4, -0.2) is 138 Å². The summed E-state index contributed by atoms with van der Waals surface area (Å²) in [6, 6.07) is 14.3. The number of ether oxygens (including phenoxy) is 2. The highest BCUT2D eigenvalue weighted by Gasteiger charge is 2.40. The number of amides is 4. The number of aromatic nitrogens is 2. The van der Waals surface area contributed by atoms with E-state index in [0.717, 1.165) is 76.0 Å². The van der Waals surface area contributed by atoms with Crippen molar-refractivity contribution in [2.45, 2.75) is 123 Å². The predicted octanol–water partition coefficient (Wildman–Crippen LogP) is 7.07. The minimum atomic E-state index is -1.05. The van der Waals surface area contributed by atoms with Gasteiger partial charge >= 0.3 is 5.97 Å². The van der Waals surface area contributed by atoms with Gasteiger partial charge in [-0.1, -0.05) is 64.6 Å². The van der Waals surface area contributed by atoms with Crippen LogP contribution in [0.4, 0.5) is 0 Å². The minimum absolute atomic E-state index is 0.137. The molecule has 3 saturated heterocycles. The molecule has 0 spiro atoms. The maximum atomic E-state index is 14.8. The Balaban J connectivity index is 1.20. The largest absolute Gasteiger partial charge is 0.464 e. The highest BCUT2D eigenvalue weighted by Crippen LogP contribution is 2.43. The first-order valence-electron chi connectivity index (χ1n) is 26.1. The van der Waals surface area contributed by atoms with Crippen LogP contribution in [0.3, 0.4) is 0 Å². The fraction of sp³-hybridized carbons (Fsp3) is 0.544. The summed E-state index contributed by atoms with van der Waals surface area (Å²) in [5, 5.41) is 5.63. The van der Waals surface area contributed by atoms with Gasteiger partial charge < -0.3 is 34.1 Å². The van der Waals surface area contributed by atoms with Crippen LogP contribution in [0.2, 0.25) is 0 Å². The smallest absolute Gasteiger partial charge is 0.324 e. The minimum Gasteiger partial charge on any atom is -0.464 e. The molecule has 0 saturated carbocycles. The van der Waals surface area contributed by atoms with Gasteiger partial charge in [0.1, 0.15) is 18.1 Å². The lowest BCUT2D eigenvalue weighted by atomic mass is 9.83. The molecule has 8 rings (SSSR count). The summed E-state index contributed by atoms with van der Waals surface area (Å²) in [6.45, 7) is 19.8. The first-order valence-corrected chi connectivity index (χ1v) is 26.1. The Bertz CT molecular complexity index is 2690. The SMILES string of the molecule is C=CC(=O)N1CC[C@H](C(=O)N(C)[C@H](C(=O)N[C@H]2Cc3cccc(c3)-c3ccc4c(c3)c(c(-c3cc(C5CCN(C)CC5)cnc3[C@H](C)OC)n4CC)CC(C)(C)COC(=O)[C@@H]3CCCN(N3)C2=O)C(C)C)C1. The molecule has 0 aliphatic carbocycles. The van der Waals surface area contributed by atoms with E-state index in [-0.39, 0.29) is 43.4 Å². The Labute approximate surface area is 425 Å². The first-order chi connectivity index (χ1) is 34.4. The van der Waals surface area contributed by atoms with Crippen LogP contribution >= 0.6 is 0 Å². The van der Waals surface area contributed by atoms with E-state index in [4.69, 9.17) is 14.5 Å². The van der Waals surface area contributed by atoms with E-state index in [2.05, 4.69) is 104 Å². The molecule has 15 heteroatoms. The molecule has 6 heterocycles. The first kappa shape index (κ1) is 52.4. The van der Waals surface area contributed by atoms with Crippen LogP contribution in [0.5, 0.6) is 0 Å². The van der Waals surface area contributed by atoms with Gasteiger partial charge in [0.25, 0.3) is 5.91 Å². The van der Waals surface area contributed by atoms with Crippen molar-refractivity contribution in [3.8, 4) is 22.4 Å². The lowest BCUT2D eigenvalue weighted by Crippen LogP contribution is -2.62. The quantitative estimate of drug-likeness (QED) is 0.118. The Morgan fingerprint density at radius 3 is 2.47 bits per heavy atom. The average molecular weight is 985 g/mol. The molecule has 2 aromatic carbocycles. The summed E-state index contributed by atoms with van der Waals surface area (Å²) in [7, 11) is 5.53. The van der Waals surface area contributed by atoms with Crippen LogP contribution < -0.4 is 10.7 Å². The van der Waals surface area contributed by atoms with Gasteiger partial charge in [-0.25, -0.2) is 5.43 Å². The van der Waals surface area contributed by atoms with Crippen molar-refractivity contribution >= 4 is 40.5 Å². The van der Waals surface area contributed by atoms with Gasteiger partial charge in [0.05, 0.1) is 30.0 Å². The van der Waals surface area contributed by atoms with Crippen LogP contribution in [-0.2, 0) is 52.8 Å². The number of likely N-dealkylation sites (N-methyl/N-ethyl adjacent to an activating group) is 1. The topological polar surface area (TPSA) is 159 Å². The van der Waals surface area contributed by atoms with Crippen molar-refractivity contribution in [2.75, 3.05) is 60.5 Å². The van der Waals surface area contributed by atoms with Crippen molar-refractivity contribution in [3.63, 3.8) is 0 Å². The van der Waals surface area contributed by atoms with E-state index in [1.54, 1.807) is 19.1 Å². The van der Waals surface area contributed by atoms with Gasteiger partial charge in [-0.3, -0.25) is 34.0 Å². The Morgan fingerprint density at radius 1 is 1.01 bits per heavy atom. The van der Waals surface area contributed by atoms with Crippen molar-refractivity contribution in [1.82, 2.24) is 40.0 Å². The molecule has 72 heavy (non-hydrogen) atoms. The number of hydrogen-bond acceptors (Lipinski definition) is 10. The molecule has 15 nitrogen and oxygen atoms in total. The van der Waals surface area contributed by atoms with Crippen LogP contribution in [0, 0.1) is 17.3 Å². The average Bonchev–Trinajstić information content (AvgIpc) is 3.99. The molecule has 0 radical (unpaired) electrons. The van der Waals surface area contributed by atoms with E-state index in [0.29, 0.717) is 51.2 Å². The van der Waals surface area contributed by atoms with E-state index >= 15 is 0 Å². The Morgan fingerprint density at radius 2 is 1.76 bits per heavy atom. The standard InChI is InChI=1S/C57H76N8O7/c1-11-49(66)63-26-22-41(33-63)54(68)62(9)51(35(3)4)53(67)59-47-28-37-15-13-16-39(27-37)40-18-19-48-43(29-40)45(31-57(6,7)34-72-56(70)46-17-14-23-65(60-46)55(47)69)52(64(48)12-2)44-30-42(32-58-50(44)36(5)71-10)38-20-24-61(8)25-21-38/h11,13,15-16,18-19,27,29-30,32,35-36,38,41,46-47,51,60H,1,12,14,17,20-26,28,31,33-34H2,2-10H3,(H,59,67)/t36-,41-,46-,47-,51-/m0/s1. The number of rotatable bonds is 11. The van der Waals surface area contributed by atoms with Gasteiger partial charge in [0, 0.05) is 74.8 Å². The van der Waals surface area contributed by atoms with Gasteiger partial charge in [0.2, 0.25) is 17.7 Å². The van der Waals surface area contributed by atoms with Crippen molar-refractivity contribution in [1.29, 1.82) is 0 Å². The molecule has 4 aliphatic heterocycles. The van der Waals surface area contributed by atoms with Crippen molar-refractivity contribution in [2.24, 2.45) is 17.3 Å². The Hall–Kier alpha value is -5.90. The van der Waals surface area contributed by atoms with Crippen LogP contribution in [0.25, 0.3) is 33.3 Å². The van der Waals surface area contributed by atoms with Gasteiger partial charge in [0.15, 0.2) is 0 Å². The number of nitrogens with one attached hydrogen (secondary N) is 2. The summed E-state index contributed by atoms with van der Waals surface area (Å²) in [6.07, 6.45) is 7.40. The maximum absolute atomic E-state index is 14.8. The van der Waals surface area contributed by atoms with Gasteiger partial charge in [-0.2, -0.15) is 0 Å². The summed E-state index contributed by atoms with van der Waals surface area (Å²) in [4.78, 5) is 80.5. The van der Waals surface area contributed by atoms with E-state index < -0.39 is 47.2 Å². The van der Waals surface area contributed by atoms with Gasteiger partial charge in [-0.15, -0.1) is 0 Å². The number of hydrazine groups is 1. The van der Waals surface area contributed by atoms with Crippen molar-refractivity contribution in [3.05, 3.63) is 89.8 Å². The number of nitrogens with zero attached hydrogens (tertiary/aromatic N) is 6. The van der Waals surface area contributed by atoms with Crippen LogP contribution in [0.1, 0.15) is 108 Å². The molecule has 3 fully saturated rings. The fourth-order valence-electron chi connectivity index (χ4n) is 11.5. The molecular formula is C57H76N8O7. The van der Waals surface area contributed by atoms with Crippen LogP contribution in [0.15, 0.2) is 67.4 Å². The normalized spacial score (nSPS) is 22.1. The molecule has 4 aliphatic rings. The predicted molar refractivity (Wildman–Crippen MR) is 279 cm³/mol. The number of fused-ring (bicyclic) bond motifs is 6. The second kappa shape index (κ2) is 22.1. The van der Waals surface area contributed by atoms with Crippen molar-refractivity contribution < 1.29 is 33.4 Å². The maximum Gasteiger partial charge on any atom is 0.324 e. The molecule has 386 valence electrons. The number of hydrogen-bond donors (Lipinski definition) is 2. The number of pyridine rings is 1. The van der Waals surface area contributed by atoms with E-state index in [1.165, 1.54) is 21.5 Å². The molecule has 2 N–H and O–H groups in total. The number of esters is 1. The monoisotopic (exact) mass is 985 g/mol. The molecule has 5 atom stereocenters. The zero-order valence-corrected chi connectivity index (χ0v) is 44.0. The van der Waals surface area contributed by atoms with Gasteiger partial charge in [-0.05, 0) is 136 Å². The Kier molecular flexibility index (Phi) is 16.1. The third-order valence-corrected chi connectivity index (χ3v) is 15.6. The number of methoxy groups -OCH3 is 1. The lowest BCUT2D eigenvalue weighted by molar-refractivity contribution is -0.155. The highest BCUT2D eigenvalue weighted by atomic mass is 16.5.